The lowest BCUT2D eigenvalue weighted by Gasteiger charge is -2.34. The maximum atomic E-state index is 6.15. The molecule has 0 N–H and O–H groups in total. The maximum Gasteiger partial charge on any atom is 0.179 e. The minimum absolute atomic E-state index is 0.514. The van der Waals surface area contributed by atoms with Crippen molar-refractivity contribution in [3.63, 3.8) is 0 Å². The first-order chi connectivity index (χ1) is 19.3. The number of pyridine rings is 1. The van der Waals surface area contributed by atoms with E-state index in [0.29, 0.717) is 6.61 Å². The summed E-state index contributed by atoms with van der Waals surface area (Å²) in [5.74, 6) is 0.848. The summed E-state index contributed by atoms with van der Waals surface area (Å²) in [5, 5.41) is 5.48. The highest BCUT2D eigenvalue weighted by Crippen LogP contribution is 2.21. The molecule has 39 heavy (non-hydrogen) atoms. The molecule has 0 aliphatic heterocycles. The van der Waals surface area contributed by atoms with Gasteiger partial charge in [0, 0.05) is 11.8 Å². The van der Waals surface area contributed by atoms with Crippen LogP contribution < -0.4 is 25.5 Å². The van der Waals surface area contributed by atoms with Crippen LogP contribution in [-0.2, 0) is 6.61 Å². The molecule has 188 valence electrons. The van der Waals surface area contributed by atoms with E-state index < -0.39 is 8.07 Å². The van der Waals surface area contributed by atoms with Crippen molar-refractivity contribution in [3.05, 3.63) is 169 Å². The van der Waals surface area contributed by atoms with E-state index in [2.05, 4.69) is 132 Å². The Morgan fingerprint density at radius 3 is 1.44 bits per heavy atom. The van der Waals surface area contributed by atoms with Crippen LogP contribution in [0.25, 0.3) is 11.3 Å². The summed E-state index contributed by atoms with van der Waals surface area (Å²) < 4.78 is 6.15. The van der Waals surface area contributed by atoms with Gasteiger partial charge in [-0.1, -0.05) is 121 Å². The molecular weight excluding hydrogens is 490 g/mol. The Balaban J connectivity index is 1.32. The smallest absolute Gasteiger partial charge is 0.179 e. The van der Waals surface area contributed by atoms with Gasteiger partial charge < -0.3 is 4.74 Å². The molecule has 6 rings (SSSR count). The number of hydrogen-bond acceptors (Lipinski definition) is 2. The van der Waals surface area contributed by atoms with Gasteiger partial charge in [-0.15, -0.1) is 0 Å². The molecule has 2 nitrogen and oxygen atoms in total. The van der Waals surface area contributed by atoms with Crippen molar-refractivity contribution in [1.29, 1.82) is 0 Å². The van der Waals surface area contributed by atoms with Gasteiger partial charge >= 0.3 is 0 Å². The van der Waals surface area contributed by atoms with Crippen molar-refractivity contribution >= 4 is 28.8 Å². The van der Waals surface area contributed by atoms with E-state index in [0.717, 1.165) is 22.6 Å². The highest BCUT2D eigenvalue weighted by atomic mass is 28.3. The molecular formula is C36H29NOSi. The SMILES string of the molecule is c1ccc([Si](c2ccccc2)(c2ccccc2)c2ccc(COc3ccc(-c4ccccn4)cc3)cc2)cc1. The Hall–Kier alpha value is -4.73. The van der Waals surface area contributed by atoms with Crippen molar-refractivity contribution in [3.8, 4) is 17.0 Å². The van der Waals surface area contributed by atoms with E-state index in [9.17, 15) is 0 Å². The first-order valence-electron chi connectivity index (χ1n) is 13.2. The van der Waals surface area contributed by atoms with Crippen molar-refractivity contribution in [2.45, 2.75) is 6.61 Å². The first kappa shape index (κ1) is 24.6. The van der Waals surface area contributed by atoms with Gasteiger partial charge in [0.05, 0.1) is 5.69 Å². The average Bonchev–Trinajstić information content (AvgIpc) is 3.03. The highest BCUT2D eigenvalue weighted by Gasteiger charge is 2.41. The van der Waals surface area contributed by atoms with Crippen LogP contribution in [0.5, 0.6) is 5.75 Å². The van der Waals surface area contributed by atoms with Gasteiger partial charge in [-0.05, 0) is 62.7 Å². The van der Waals surface area contributed by atoms with E-state index in [-0.39, 0.29) is 0 Å². The van der Waals surface area contributed by atoms with Crippen molar-refractivity contribution < 1.29 is 4.74 Å². The fourth-order valence-corrected chi connectivity index (χ4v) is 10.1. The number of nitrogens with zero attached hydrogens (tertiary/aromatic N) is 1. The van der Waals surface area contributed by atoms with Crippen LogP contribution in [0.2, 0.25) is 0 Å². The normalized spacial score (nSPS) is 11.2. The molecule has 0 spiro atoms. The zero-order chi connectivity index (χ0) is 26.3. The van der Waals surface area contributed by atoms with Crippen molar-refractivity contribution in [1.82, 2.24) is 4.98 Å². The molecule has 0 saturated heterocycles. The minimum atomic E-state index is -2.50. The molecule has 6 aromatic rings. The van der Waals surface area contributed by atoms with Crippen molar-refractivity contribution in [2.75, 3.05) is 0 Å². The van der Waals surface area contributed by atoms with Crippen LogP contribution in [0.3, 0.4) is 0 Å². The van der Waals surface area contributed by atoms with Gasteiger partial charge in [-0.3, -0.25) is 4.98 Å². The molecule has 0 bridgehead atoms. The van der Waals surface area contributed by atoms with Gasteiger partial charge in [-0.2, -0.15) is 0 Å². The van der Waals surface area contributed by atoms with E-state index in [4.69, 9.17) is 4.74 Å². The zero-order valence-corrected chi connectivity index (χ0v) is 22.7. The summed E-state index contributed by atoms with van der Waals surface area (Å²) in [6, 6.07) is 56.1. The number of rotatable bonds is 8. The number of aromatic nitrogens is 1. The third-order valence-corrected chi connectivity index (χ3v) is 12.0. The minimum Gasteiger partial charge on any atom is -0.489 e. The molecule has 1 heterocycles. The fourth-order valence-electron chi connectivity index (χ4n) is 5.34. The molecule has 0 unspecified atom stereocenters. The summed E-state index contributed by atoms with van der Waals surface area (Å²) in [5.41, 5.74) is 3.18. The van der Waals surface area contributed by atoms with Gasteiger partial charge in [0.1, 0.15) is 12.4 Å². The fraction of sp³-hybridized carbons (Fsp3) is 0.0278. The lowest BCUT2D eigenvalue weighted by Crippen LogP contribution is -2.74. The maximum absolute atomic E-state index is 6.15. The molecule has 0 aliphatic rings. The largest absolute Gasteiger partial charge is 0.489 e. The highest BCUT2D eigenvalue weighted by molar-refractivity contribution is 7.19. The van der Waals surface area contributed by atoms with Gasteiger partial charge in [-0.25, -0.2) is 0 Å². The third kappa shape index (κ3) is 5.05. The predicted octanol–water partition coefficient (Wildman–Crippen LogP) is 5.71. The topological polar surface area (TPSA) is 22.1 Å². The zero-order valence-electron chi connectivity index (χ0n) is 21.7. The van der Waals surface area contributed by atoms with E-state index in [1.54, 1.807) is 0 Å². The molecule has 3 heteroatoms. The summed E-state index contributed by atoms with van der Waals surface area (Å²) in [6.45, 7) is 0.514. The Kier molecular flexibility index (Phi) is 7.15. The standard InChI is InChI=1S/C36H29NOSi/c1-4-12-32(13-5-1)39(33-14-6-2-7-15-33,34-16-8-3-9-17-34)35-25-19-29(20-26-35)28-38-31-23-21-30(22-24-31)36-18-10-11-27-37-36/h1-27H,28H2. The molecule has 5 aromatic carbocycles. The lowest BCUT2D eigenvalue weighted by atomic mass is 10.1. The molecule has 0 saturated carbocycles. The summed E-state index contributed by atoms with van der Waals surface area (Å²) in [4.78, 5) is 4.43. The second-order valence-corrected chi connectivity index (χ2v) is 13.4. The summed E-state index contributed by atoms with van der Waals surface area (Å²) in [7, 11) is -2.50. The van der Waals surface area contributed by atoms with Crippen LogP contribution in [0.4, 0.5) is 0 Å². The van der Waals surface area contributed by atoms with Crippen LogP contribution in [0, 0.1) is 0 Å². The Labute approximate surface area is 231 Å². The average molecular weight is 520 g/mol. The van der Waals surface area contributed by atoms with Gasteiger partial charge in [0.25, 0.3) is 0 Å². The summed E-state index contributed by atoms with van der Waals surface area (Å²) >= 11 is 0. The molecule has 1 aromatic heterocycles. The van der Waals surface area contributed by atoms with Crippen LogP contribution in [0.15, 0.2) is 164 Å². The van der Waals surface area contributed by atoms with Crippen LogP contribution >= 0.6 is 0 Å². The Bertz CT molecular complexity index is 1510. The van der Waals surface area contributed by atoms with E-state index >= 15 is 0 Å². The van der Waals surface area contributed by atoms with E-state index in [1.165, 1.54) is 20.7 Å². The molecule has 0 radical (unpaired) electrons. The number of hydrogen-bond donors (Lipinski definition) is 0. The third-order valence-electron chi connectivity index (χ3n) is 7.23. The van der Waals surface area contributed by atoms with Gasteiger partial charge in [0.15, 0.2) is 8.07 Å². The number of ether oxygens (including phenoxy) is 1. The molecule has 0 atom stereocenters. The predicted molar refractivity (Wildman–Crippen MR) is 164 cm³/mol. The second kappa shape index (κ2) is 11.3. The second-order valence-electron chi connectivity index (χ2n) is 9.57. The lowest BCUT2D eigenvalue weighted by molar-refractivity contribution is 0.306. The summed E-state index contributed by atoms with van der Waals surface area (Å²) in [6.07, 6.45) is 1.81. The molecule has 0 aliphatic carbocycles. The monoisotopic (exact) mass is 519 g/mol. The quantitative estimate of drug-likeness (QED) is 0.190. The van der Waals surface area contributed by atoms with E-state index in [1.807, 2.05) is 36.5 Å². The van der Waals surface area contributed by atoms with Crippen molar-refractivity contribution in [2.24, 2.45) is 0 Å². The first-order valence-corrected chi connectivity index (χ1v) is 15.2. The number of benzene rings is 5. The Morgan fingerprint density at radius 1 is 0.462 bits per heavy atom. The molecule has 0 fully saturated rings. The van der Waals surface area contributed by atoms with Crippen LogP contribution in [-0.4, -0.2) is 13.1 Å². The van der Waals surface area contributed by atoms with Crippen LogP contribution in [0.1, 0.15) is 5.56 Å². The van der Waals surface area contributed by atoms with Gasteiger partial charge in [0.2, 0.25) is 0 Å². The Morgan fingerprint density at radius 2 is 0.949 bits per heavy atom. The molecule has 0 amide bonds.